The smallest absolute Gasteiger partial charge is 0.339 e. The number of hydrogen-bond donors (Lipinski definition) is 1. The summed E-state index contributed by atoms with van der Waals surface area (Å²) in [5.41, 5.74) is -0.142. The minimum absolute atomic E-state index is 0.0393. The first kappa shape index (κ1) is 19.4. The number of rotatable bonds is 6. The Morgan fingerprint density at radius 2 is 1.85 bits per heavy atom. The maximum Gasteiger partial charge on any atom is 0.339 e. The molecule has 0 aliphatic carbocycles. The van der Waals surface area contributed by atoms with E-state index in [2.05, 4.69) is 9.47 Å². The van der Waals surface area contributed by atoms with Crippen LogP contribution < -0.4 is 4.90 Å². The van der Waals surface area contributed by atoms with Gasteiger partial charge in [0.05, 0.1) is 42.0 Å². The van der Waals surface area contributed by atoms with Crippen LogP contribution in [0.15, 0.2) is 18.2 Å². The van der Waals surface area contributed by atoms with Gasteiger partial charge in [0.2, 0.25) is 11.8 Å². The number of carboxylic acid groups (broad SMARTS) is 1. The van der Waals surface area contributed by atoms with Gasteiger partial charge in [0.25, 0.3) is 0 Å². The molecule has 138 valence electrons. The highest BCUT2D eigenvalue weighted by Crippen LogP contribution is 2.33. The average molecular weight is 381 g/mol. The normalized spacial score (nSPS) is 16.5. The number of anilines is 1. The Balaban J connectivity index is 2.45. The number of carbonyl (C=O) groups excluding carboxylic acids is 4. The summed E-state index contributed by atoms with van der Waals surface area (Å²) in [4.78, 5) is 60.1. The fraction of sp³-hybridized carbons (Fsp3) is 0.312. The van der Waals surface area contributed by atoms with E-state index in [1.807, 2.05) is 0 Å². The molecule has 1 aromatic rings. The minimum atomic E-state index is -1.11. The Bertz CT molecular complexity index is 790. The van der Waals surface area contributed by atoms with Gasteiger partial charge in [0.1, 0.15) is 0 Å². The third kappa shape index (κ3) is 3.85. The van der Waals surface area contributed by atoms with Gasteiger partial charge in [0.15, 0.2) is 0 Å². The van der Waals surface area contributed by atoms with Gasteiger partial charge in [-0.1, -0.05) is 0 Å². The van der Waals surface area contributed by atoms with Crippen molar-refractivity contribution >= 4 is 47.2 Å². The number of hydrogen-bond acceptors (Lipinski definition) is 8. The van der Waals surface area contributed by atoms with Crippen molar-refractivity contribution in [3.8, 4) is 0 Å². The number of thioether (sulfide) groups is 1. The van der Waals surface area contributed by atoms with Crippen LogP contribution in [0.5, 0.6) is 0 Å². The predicted octanol–water partition coefficient (Wildman–Crippen LogP) is 0.709. The van der Waals surface area contributed by atoms with Crippen LogP contribution in [-0.2, 0) is 23.9 Å². The van der Waals surface area contributed by atoms with Crippen molar-refractivity contribution in [2.24, 2.45) is 0 Å². The van der Waals surface area contributed by atoms with Gasteiger partial charge in [-0.15, -0.1) is 11.8 Å². The van der Waals surface area contributed by atoms with E-state index in [4.69, 9.17) is 5.11 Å². The Kier molecular flexibility index (Phi) is 5.98. The molecular formula is C16H15NO8S. The number of benzene rings is 1. The average Bonchev–Trinajstić information content (AvgIpc) is 2.91. The van der Waals surface area contributed by atoms with Crippen molar-refractivity contribution in [1.82, 2.24) is 0 Å². The molecule has 1 atom stereocenters. The highest BCUT2D eigenvalue weighted by atomic mass is 32.2. The summed E-state index contributed by atoms with van der Waals surface area (Å²) < 4.78 is 9.26. The van der Waals surface area contributed by atoms with E-state index in [0.717, 1.165) is 23.8 Å². The SMILES string of the molecule is COC(=O)c1ccc(C(=O)OC)c(N2C(=O)CC(SCC(=O)O)C2=O)c1. The van der Waals surface area contributed by atoms with Gasteiger partial charge >= 0.3 is 17.9 Å². The molecule has 0 bridgehead atoms. The maximum atomic E-state index is 12.6. The second kappa shape index (κ2) is 8.00. The first-order valence-electron chi connectivity index (χ1n) is 7.31. The van der Waals surface area contributed by atoms with E-state index in [1.165, 1.54) is 25.3 Å². The van der Waals surface area contributed by atoms with Gasteiger partial charge in [-0.2, -0.15) is 0 Å². The van der Waals surface area contributed by atoms with Crippen molar-refractivity contribution in [1.29, 1.82) is 0 Å². The van der Waals surface area contributed by atoms with Crippen LogP contribution in [0.25, 0.3) is 0 Å². The molecule has 0 saturated carbocycles. The lowest BCUT2D eigenvalue weighted by atomic mass is 10.1. The van der Waals surface area contributed by atoms with Crippen molar-refractivity contribution in [3.63, 3.8) is 0 Å². The van der Waals surface area contributed by atoms with Crippen LogP contribution in [-0.4, -0.2) is 60.1 Å². The van der Waals surface area contributed by atoms with E-state index in [-0.39, 0.29) is 29.0 Å². The molecule has 1 aliphatic heterocycles. The third-order valence-corrected chi connectivity index (χ3v) is 4.76. The number of methoxy groups -OCH3 is 2. The number of carboxylic acids is 1. The van der Waals surface area contributed by atoms with Crippen LogP contribution in [0.3, 0.4) is 0 Å². The van der Waals surface area contributed by atoms with E-state index >= 15 is 0 Å². The highest BCUT2D eigenvalue weighted by Gasteiger charge is 2.41. The Morgan fingerprint density at radius 1 is 1.19 bits per heavy atom. The molecule has 1 N–H and O–H groups in total. The van der Waals surface area contributed by atoms with Crippen LogP contribution in [0, 0.1) is 0 Å². The van der Waals surface area contributed by atoms with Crippen LogP contribution >= 0.6 is 11.8 Å². The third-order valence-electron chi connectivity index (χ3n) is 3.58. The topological polar surface area (TPSA) is 127 Å². The molecule has 0 spiro atoms. The zero-order chi connectivity index (χ0) is 19.4. The molecule has 1 heterocycles. The molecule has 2 rings (SSSR count). The number of aliphatic carboxylic acids is 1. The van der Waals surface area contributed by atoms with E-state index in [1.54, 1.807) is 0 Å². The van der Waals surface area contributed by atoms with Gasteiger partial charge in [-0.3, -0.25) is 14.4 Å². The van der Waals surface area contributed by atoms with Crippen molar-refractivity contribution in [2.75, 3.05) is 24.9 Å². The summed E-state index contributed by atoms with van der Waals surface area (Å²) in [5, 5.41) is 7.86. The molecule has 0 aromatic heterocycles. The molecule has 2 amide bonds. The molecule has 1 saturated heterocycles. The number of esters is 2. The predicted molar refractivity (Wildman–Crippen MR) is 90.1 cm³/mol. The Labute approximate surface area is 152 Å². The van der Waals surface area contributed by atoms with Gasteiger partial charge in [0, 0.05) is 6.42 Å². The van der Waals surface area contributed by atoms with E-state index < -0.39 is 35.0 Å². The summed E-state index contributed by atoms with van der Waals surface area (Å²) in [6, 6.07) is 3.76. The molecule has 10 heteroatoms. The van der Waals surface area contributed by atoms with Crippen LogP contribution in [0.4, 0.5) is 5.69 Å². The Morgan fingerprint density at radius 3 is 2.42 bits per heavy atom. The van der Waals surface area contributed by atoms with Gasteiger partial charge < -0.3 is 14.6 Å². The lowest BCUT2D eigenvalue weighted by molar-refractivity contribution is -0.134. The highest BCUT2D eigenvalue weighted by molar-refractivity contribution is 8.01. The molecule has 9 nitrogen and oxygen atoms in total. The zero-order valence-electron chi connectivity index (χ0n) is 13.9. The summed E-state index contributed by atoms with van der Waals surface area (Å²) >= 11 is 0.818. The second-order valence-electron chi connectivity index (χ2n) is 5.18. The summed E-state index contributed by atoms with van der Waals surface area (Å²) in [6.07, 6.45) is -0.208. The fourth-order valence-electron chi connectivity index (χ4n) is 2.40. The Hall–Kier alpha value is -2.88. The number of imide groups is 1. The first-order chi connectivity index (χ1) is 12.3. The van der Waals surface area contributed by atoms with Crippen molar-refractivity contribution in [3.05, 3.63) is 29.3 Å². The number of amides is 2. The summed E-state index contributed by atoms with van der Waals surface area (Å²) in [5.74, 6) is -4.23. The lowest BCUT2D eigenvalue weighted by Crippen LogP contribution is -2.33. The number of ether oxygens (including phenoxy) is 2. The first-order valence-corrected chi connectivity index (χ1v) is 8.35. The second-order valence-corrected chi connectivity index (χ2v) is 6.37. The van der Waals surface area contributed by atoms with Crippen molar-refractivity contribution < 1.29 is 38.6 Å². The van der Waals surface area contributed by atoms with E-state index in [0.29, 0.717) is 0 Å². The fourth-order valence-corrected chi connectivity index (χ4v) is 3.26. The summed E-state index contributed by atoms with van der Waals surface area (Å²) in [6.45, 7) is 0. The zero-order valence-corrected chi connectivity index (χ0v) is 14.7. The monoisotopic (exact) mass is 381 g/mol. The molecular weight excluding hydrogens is 366 g/mol. The molecule has 1 fully saturated rings. The van der Waals surface area contributed by atoms with Crippen LogP contribution in [0.2, 0.25) is 0 Å². The molecule has 26 heavy (non-hydrogen) atoms. The van der Waals surface area contributed by atoms with Crippen molar-refractivity contribution in [2.45, 2.75) is 11.7 Å². The molecule has 1 unspecified atom stereocenters. The summed E-state index contributed by atoms with van der Waals surface area (Å²) in [7, 11) is 2.31. The number of nitrogens with zero attached hydrogens (tertiary/aromatic N) is 1. The molecule has 0 radical (unpaired) electrons. The van der Waals surface area contributed by atoms with E-state index in [9.17, 15) is 24.0 Å². The maximum absolute atomic E-state index is 12.6. The quantitative estimate of drug-likeness (QED) is 0.559. The number of carbonyl (C=O) groups is 5. The minimum Gasteiger partial charge on any atom is -0.481 e. The standard InChI is InChI=1S/C16H15NO8S/c1-24-15(22)8-3-4-9(16(23)25-2)10(5-8)17-12(18)6-11(14(17)21)26-7-13(19)20/h3-5,11H,6-7H2,1-2H3,(H,19,20). The van der Waals surface area contributed by atoms with Crippen LogP contribution in [0.1, 0.15) is 27.1 Å². The van der Waals surface area contributed by atoms with Gasteiger partial charge in [-0.05, 0) is 18.2 Å². The molecule has 1 aromatic carbocycles. The molecule has 1 aliphatic rings. The largest absolute Gasteiger partial charge is 0.481 e. The lowest BCUT2D eigenvalue weighted by Gasteiger charge is -2.18. The van der Waals surface area contributed by atoms with Gasteiger partial charge in [-0.25, -0.2) is 14.5 Å².